The Morgan fingerprint density at radius 1 is 1.56 bits per heavy atom. The lowest BCUT2D eigenvalue weighted by Gasteiger charge is -2.18. The highest BCUT2D eigenvalue weighted by molar-refractivity contribution is 5.43. The number of hydrogen-bond donors (Lipinski definition) is 1. The standard InChI is InChI=1S/C11H12FNO3/c1-7(14)11(4-5-11)8-2-3-9(12)10(6-8)13(15)16/h2-3,6-7,14H,4-5H2,1H3. The van der Waals surface area contributed by atoms with Crippen LogP contribution in [0.3, 0.4) is 0 Å². The lowest BCUT2D eigenvalue weighted by Crippen LogP contribution is -2.22. The van der Waals surface area contributed by atoms with E-state index in [9.17, 15) is 19.6 Å². The van der Waals surface area contributed by atoms with Crippen LogP contribution in [-0.4, -0.2) is 16.1 Å². The number of aliphatic hydroxyl groups excluding tert-OH is 1. The molecule has 1 unspecified atom stereocenters. The molecule has 1 N–H and O–H groups in total. The zero-order valence-electron chi connectivity index (χ0n) is 8.81. The molecule has 1 aliphatic carbocycles. The Morgan fingerprint density at radius 3 is 2.62 bits per heavy atom. The summed E-state index contributed by atoms with van der Waals surface area (Å²) in [6.45, 7) is 1.65. The Bertz CT molecular complexity index is 441. The third-order valence-electron chi connectivity index (χ3n) is 3.31. The van der Waals surface area contributed by atoms with Gasteiger partial charge in [-0.1, -0.05) is 6.07 Å². The number of benzene rings is 1. The molecular weight excluding hydrogens is 213 g/mol. The van der Waals surface area contributed by atoms with E-state index in [0.29, 0.717) is 5.56 Å². The van der Waals surface area contributed by atoms with Crippen LogP contribution in [0.1, 0.15) is 25.3 Å². The fourth-order valence-electron chi connectivity index (χ4n) is 2.04. The van der Waals surface area contributed by atoms with Crippen LogP contribution in [0.2, 0.25) is 0 Å². The van der Waals surface area contributed by atoms with Gasteiger partial charge in [-0.3, -0.25) is 10.1 Å². The molecule has 0 bridgehead atoms. The number of halogens is 1. The third kappa shape index (κ3) is 1.57. The summed E-state index contributed by atoms with van der Waals surface area (Å²) in [6, 6.07) is 3.84. The molecule has 1 aliphatic rings. The number of nitro benzene ring substituents is 1. The van der Waals surface area contributed by atoms with Crippen molar-refractivity contribution in [3.63, 3.8) is 0 Å². The van der Waals surface area contributed by atoms with Crippen molar-refractivity contribution in [3.8, 4) is 0 Å². The number of aliphatic hydroxyl groups is 1. The summed E-state index contributed by atoms with van der Waals surface area (Å²) in [4.78, 5) is 9.86. The SMILES string of the molecule is CC(O)C1(c2ccc(F)c([N+](=O)[O-])c2)CC1. The molecular formula is C11H12FNO3. The van der Waals surface area contributed by atoms with Gasteiger partial charge in [0, 0.05) is 11.5 Å². The van der Waals surface area contributed by atoms with Crippen LogP contribution in [0, 0.1) is 15.9 Å². The summed E-state index contributed by atoms with van der Waals surface area (Å²) in [5.74, 6) is -0.838. The minimum absolute atomic E-state index is 0.404. The van der Waals surface area contributed by atoms with Crippen LogP contribution in [0.25, 0.3) is 0 Å². The highest BCUT2D eigenvalue weighted by Crippen LogP contribution is 2.51. The second-order valence-electron chi connectivity index (χ2n) is 4.26. The van der Waals surface area contributed by atoms with Gasteiger partial charge in [0.15, 0.2) is 0 Å². The Morgan fingerprint density at radius 2 is 2.19 bits per heavy atom. The van der Waals surface area contributed by atoms with Gasteiger partial charge in [-0.25, -0.2) is 0 Å². The Labute approximate surface area is 91.9 Å². The molecule has 86 valence electrons. The summed E-state index contributed by atoms with van der Waals surface area (Å²) < 4.78 is 13.1. The maximum absolute atomic E-state index is 13.1. The molecule has 2 rings (SSSR count). The molecule has 0 amide bonds. The summed E-state index contributed by atoms with van der Waals surface area (Å²) in [5, 5.41) is 20.2. The predicted molar refractivity (Wildman–Crippen MR) is 55.6 cm³/mol. The molecule has 1 aromatic rings. The Balaban J connectivity index is 2.44. The first kappa shape index (κ1) is 11.0. The largest absolute Gasteiger partial charge is 0.392 e. The highest BCUT2D eigenvalue weighted by atomic mass is 19.1. The molecule has 0 heterocycles. The van der Waals surface area contributed by atoms with Gasteiger partial charge in [-0.15, -0.1) is 0 Å². The summed E-state index contributed by atoms with van der Waals surface area (Å²) in [5.41, 5.74) is -0.279. The van der Waals surface area contributed by atoms with E-state index < -0.39 is 27.9 Å². The van der Waals surface area contributed by atoms with E-state index >= 15 is 0 Å². The molecule has 0 spiro atoms. The monoisotopic (exact) mass is 225 g/mol. The molecule has 1 aromatic carbocycles. The molecule has 5 heteroatoms. The van der Waals surface area contributed by atoms with E-state index in [1.54, 1.807) is 6.92 Å². The number of rotatable bonds is 3. The van der Waals surface area contributed by atoms with Crippen molar-refractivity contribution in [2.24, 2.45) is 0 Å². The van der Waals surface area contributed by atoms with Crippen molar-refractivity contribution >= 4 is 5.69 Å². The molecule has 4 nitrogen and oxygen atoms in total. The van der Waals surface area contributed by atoms with Crippen molar-refractivity contribution in [1.29, 1.82) is 0 Å². The van der Waals surface area contributed by atoms with Gasteiger partial charge >= 0.3 is 5.69 Å². The summed E-state index contributed by atoms with van der Waals surface area (Å²) in [7, 11) is 0. The van der Waals surface area contributed by atoms with Gasteiger partial charge < -0.3 is 5.11 Å². The zero-order chi connectivity index (χ0) is 11.9. The van der Waals surface area contributed by atoms with Crippen LogP contribution >= 0.6 is 0 Å². The quantitative estimate of drug-likeness (QED) is 0.633. The van der Waals surface area contributed by atoms with E-state index in [0.717, 1.165) is 18.9 Å². The Kier molecular flexibility index (Phi) is 2.42. The van der Waals surface area contributed by atoms with Crippen LogP contribution < -0.4 is 0 Å². The van der Waals surface area contributed by atoms with E-state index in [2.05, 4.69) is 0 Å². The van der Waals surface area contributed by atoms with Crippen molar-refractivity contribution in [3.05, 3.63) is 39.7 Å². The summed E-state index contributed by atoms with van der Waals surface area (Å²) in [6.07, 6.45) is 0.999. The first-order valence-corrected chi connectivity index (χ1v) is 5.10. The zero-order valence-corrected chi connectivity index (χ0v) is 8.81. The van der Waals surface area contributed by atoms with Gasteiger partial charge in [-0.05, 0) is 31.4 Å². The molecule has 16 heavy (non-hydrogen) atoms. The van der Waals surface area contributed by atoms with Gasteiger partial charge in [0.25, 0.3) is 0 Å². The second-order valence-corrected chi connectivity index (χ2v) is 4.26. The fraction of sp³-hybridized carbons (Fsp3) is 0.455. The van der Waals surface area contributed by atoms with Crippen molar-refractivity contribution in [2.75, 3.05) is 0 Å². The molecule has 1 fully saturated rings. The van der Waals surface area contributed by atoms with E-state index in [1.807, 2.05) is 0 Å². The maximum atomic E-state index is 13.1. The van der Waals surface area contributed by atoms with E-state index in [-0.39, 0.29) is 0 Å². The van der Waals surface area contributed by atoms with Crippen molar-refractivity contribution in [2.45, 2.75) is 31.3 Å². The van der Waals surface area contributed by atoms with Gasteiger partial charge in [0.2, 0.25) is 5.82 Å². The number of hydrogen-bond acceptors (Lipinski definition) is 3. The molecule has 1 saturated carbocycles. The van der Waals surface area contributed by atoms with Crippen LogP contribution in [0.5, 0.6) is 0 Å². The first-order chi connectivity index (χ1) is 7.47. The maximum Gasteiger partial charge on any atom is 0.305 e. The minimum Gasteiger partial charge on any atom is -0.392 e. The average molecular weight is 225 g/mol. The van der Waals surface area contributed by atoms with E-state index in [4.69, 9.17) is 0 Å². The summed E-state index contributed by atoms with van der Waals surface area (Å²) >= 11 is 0. The molecule has 0 aromatic heterocycles. The van der Waals surface area contributed by atoms with Crippen molar-refractivity contribution < 1.29 is 14.4 Å². The molecule has 0 aliphatic heterocycles. The fourth-order valence-corrected chi connectivity index (χ4v) is 2.04. The molecule has 0 radical (unpaired) electrons. The topological polar surface area (TPSA) is 63.4 Å². The predicted octanol–water partition coefficient (Wildman–Crippen LogP) is 2.15. The smallest absolute Gasteiger partial charge is 0.305 e. The highest BCUT2D eigenvalue weighted by Gasteiger charge is 2.49. The average Bonchev–Trinajstić information content (AvgIpc) is 2.98. The van der Waals surface area contributed by atoms with E-state index in [1.165, 1.54) is 12.1 Å². The lowest BCUT2D eigenvalue weighted by molar-refractivity contribution is -0.387. The van der Waals surface area contributed by atoms with Crippen LogP contribution in [0.4, 0.5) is 10.1 Å². The molecule has 1 atom stereocenters. The normalized spacial score (nSPS) is 19.2. The number of nitrogens with zero attached hydrogens (tertiary/aromatic N) is 1. The van der Waals surface area contributed by atoms with Crippen LogP contribution in [0.15, 0.2) is 18.2 Å². The van der Waals surface area contributed by atoms with Crippen LogP contribution in [-0.2, 0) is 5.41 Å². The molecule has 0 saturated heterocycles. The Hall–Kier alpha value is -1.49. The van der Waals surface area contributed by atoms with Crippen molar-refractivity contribution in [1.82, 2.24) is 0 Å². The van der Waals surface area contributed by atoms with Gasteiger partial charge in [0.05, 0.1) is 11.0 Å². The minimum atomic E-state index is -0.838. The first-order valence-electron chi connectivity index (χ1n) is 5.10. The lowest BCUT2D eigenvalue weighted by atomic mass is 9.90. The second kappa shape index (κ2) is 3.52. The van der Waals surface area contributed by atoms with Gasteiger partial charge in [0.1, 0.15) is 0 Å². The van der Waals surface area contributed by atoms with Gasteiger partial charge in [-0.2, -0.15) is 4.39 Å². The third-order valence-corrected chi connectivity index (χ3v) is 3.31. The number of nitro groups is 1.